The maximum atomic E-state index is 11.2. The molecule has 15 heavy (non-hydrogen) atoms. The van der Waals surface area contributed by atoms with E-state index in [0.717, 1.165) is 17.6 Å². The van der Waals surface area contributed by atoms with Gasteiger partial charge in [0.05, 0.1) is 7.11 Å². The van der Waals surface area contributed by atoms with Crippen LogP contribution >= 0.6 is 0 Å². The normalized spacial score (nSPS) is 17.9. The van der Waals surface area contributed by atoms with E-state index in [4.69, 9.17) is 4.74 Å². The fourth-order valence-electron chi connectivity index (χ4n) is 2.18. The molecule has 2 rings (SSSR count). The SMILES string of the molecule is COc1ccccc1C(C=O)C1CCC1. The molecule has 1 unspecified atom stereocenters. The van der Waals surface area contributed by atoms with Gasteiger partial charge >= 0.3 is 0 Å². The summed E-state index contributed by atoms with van der Waals surface area (Å²) in [5.74, 6) is 1.38. The van der Waals surface area contributed by atoms with Crippen molar-refractivity contribution in [3.63, 3.8) is 0 Å². The first-order valence-electron chi connectivity index (χ1n) is 5.45. The Balaban J connectivity index is 2.28. The number of hydrogen-bond donors (Lipinski definition) is 0. The van der Waals surface area contributed by atoms with Crippen LogP contribution in [-0.4, -0.2) is 13.4 Å². The molecule has 1 fully saturated rings. The van der Waals surface area contributed by atoms with Gasteiger partial charge in [0.25, 0.3) is 0 Å². The zero-order chi connectivity index (χ0) is 10.7. The van der Waals surface area contributed by atoms with Gasteiger partial charge < -0.3 is 9.53 Å². The molecular formula is C13H16O2. The van der Waals surface area contributed by atoms with Gasteiger partial charge in [-0.2, -0.15) is 0 Å². The third-order valence-corrected chi connectivity index (χ3v) is 3.30. The first kappa shape index (κ1) is 10.2. The molecule has 2 nitrogen and oxygen atoms in total. The summed E-state index contributed by atoms with van der Waals surface area (Å²) in [6.07, 6.45) is 4.66. The fraction of sp³-hybridized carbons (Fsp3) is 0.462. The summed E-state index contributed by atoms with van der Waals surface area (Å²) in [6.45, 7) is 0. The molecule has 1 saturated carbocycles. The van der Waals surface area contributed by atoms with Gasteiger partial charge in [-0.05, 0) is 24.8 Å². The molecule has 0 radical (unpaired) electrons. The first-order valence-corrected chi connectivity index (χ1v) is 5.45. The van der Waals surface area contributed by atoms with Crippen molar-refractivity contribution in [2.24, 2.45) is 5.92 Å². The number of hydrogen-bond acceptors (Lipinski definition) is 2. The highest BCUT2D eigenvalue weighted by Crippen LogP contribution is 2.40. The molecule has 0 saturated heterocycles. The van der Waals surface area contributed by atoms with Crippen molar-refractivity contribution in [1.82, 2.24) is 0 Å². The van der Waals surface area contributed by atoms with Gasteiger partial charge in [-0.25, -0.2) is 0 Å². The highest BCUT2D eigenvalue weighted by molar-refractivity contribution is 5.65. The van der Waals surface area contributed by atoms with Gasteiger partial charge in [0.15, 0.2) is 0 Å². The molecule has 1 aliphatic rings. The van der Waals surface area contributed by atoms with Crippen molar-refractivity contribution < 1.29 is 9.53 Å². The number of ether oxygens (including phenoxy) is 1. The van der Waals surface area contributed by atoms with Crippen molar-refractivity contribution in [2.45, 2.75) is 25.2 Å². The molecular weight excluding hydrogens is 188 g/mol. The first-order chi connectivity index (χ1) is 7.36. The van der Waals surface area contributed by atoms with Crippen LogP contribution in [0.3, 0.4) is 0 Å². The zero-order valence-corrected chi connectivity index (χ0v) is 8.98. The summed E-state index contributed by atoms with van der Waals surface area (Å²) in [6, 6.07) is 7.82. The second-order valence-electron chi connectivity index (χ2n) is 4.09. The van der Waals surface area contributed by atoms with E-state index in [-0.39, 0.29) is 5.92 Å². The lowest BCUT2D eigenvalue weighted by Crippen LogP contribution is -2.21. The number of carbonyl (C=O) groups excluding carboxylic acids is 1. The van der Waals surface area contributed by atoms with Gasteiger partial charge in [0.1, 0.15) is 12.0 Å². The second-order valence-corrected chi connectivity index (χ2v) is 4.09. The van der Waals surface area contributed by atoms with E-state index in [1.165, 1.54) is 19.3 Å². The van der Waals surface area contributed by atoms with Crippen LogP contribution in [0.15, 0.2) is 24.3 Å². The highest BCUT2D eigenvalue weighted by Gasteiger charge is 2.29. The van der Waals surface area contributed by atoms with Gasteiger partial charge in [0.2, 0.25) is 0 Å². The van der Waals surface area contributed by atoms with E-state index in [1.54, 1.807) is 7.11 Å². The van der Waals surface area contributed by atoms with Crippen molar-refractivity contribution in [2.75, 3.05) is 7.11 Å². The molecule has 0 N–H and O–H groups in total. The summed E-state index contributed by atoms with van der Waals surface area (Å²) >= 11 is 0. The quantitative estimate of drug-likeness (QED) is 0.705. The van der Waals surface area contributed by atoms with Crippen LogP contribution in [0.4, 0.5) is 0 Å². The lowest BCUT2D eigenvalue weighted by Gasteiger charge is -2.31. The maximum Gasteiger partial charge on any atom is 0.127 e. The third-order valence-electron chi connectivity index (χ3n) is 3.30. The predicted octanol–water partition coefficient (Wildman–Crippen LogP) is 2.78. The Kier molecular flexibility index (Phi) is 3.05. The molecule has 1 aromatic rings. The molecule has 0 aliphatic heterocycles. The van der Waals surface area contributed by atoms with Crippen LogP contribution in [0.2, 0.25) is 0 Å². The van der Waals surface area contributed by atoms with Crippen molar-refractivity contribution >= 4 is 6.29 Å². The van der Waals surface area contributed by atoms with Gasteiger partial charge in [0, 0.05) is 11.5 Å². The number of para-hydroxylation sites is 1. The summed E-state index contributed by atoms with van der Waals surface area (Å²) in [7, 11) is 1.65. The van der Waals surface area contributed by atoms with Crippen molar-refractivity contribution in [3.8, 4) is 5.75 Å². The molecule has 0 spiro atoms. The largest absolute Gasteiger partial charge is 0.496 e. The van der Waals surface area contributed by atoms with Crippen molar-refractivity contribution in [1.29, 1.82) is 0 Å². The summed E-state index contributed by atoms with van der Waals surface area (Å²) < 4.78 is 5.29. The van der Waals surface area contributed by atoms with E-state index in [9.17, 15) is 4.79 Å². The van der Waals surface area contributed by atoms with Gasteiger partial charge in [-0.1, -0.05) is 24.6 Å². The maximum absolute atomic E-state index is 11.2. The fourth-order valence-corrected chi connectivity index (χ4v) is 2.18. The highest BCUT2D eigenvalue weighted by atomic mass is 16.5. The number of carbonyl (C=O) groups is 1. The minimum Gasteiger partial charge on any atom is -0.496 e. The molecule has 80 valence electrons. The Morgan fingerprint density at radius 3 is 2.67 bits per heavy atom. The lowest BCUT2D eigenvalue weighted by atomic mass is 9.73. The monoisotopic (exact) mass is 204 g/mol. The Hall–Kier alpha value is -1.31. The smallest absolute Gasteiger partial charge is 0.127 e. The Bertz CT molecular complexity index is 342. The van der Waals surface area contributed by atoms with Crippen LogP contribution in [0.1, 0.15) is 30.7 Å². The number of aldehydes is 1. The molecule has 0 bridgehead atoms. The number of rotatable bonds is 4. The minimum absolute atomic E-state index is 0.0231. The molecule has 0 heterocycles. The number of methoxy groups -OCH3 is 1. The second kappa shape index (κ2) is 4.47. The molecule has 0 aromatic heterocycles. The summed E-state index contributed by atoms with van der Waals surface area (Å²) in [5.41, 5.74) is 1.04. The molecule has 1 atom stereocenters. The Morgan fingerprint density at radius 2 is 2.13 bits per heavy atom. The zero-order valence-electron chi connectivity index (χ0n) is 8.98. The van der Waals surface area contributed by atoms with Crippen LogP contribution in [0.25, 0.3) is 0 Å². The summed E-state index contributed by atoms with van der Waals surface area (Å²) in [4.78, 5) is 11.2. The third kappa shape index (κ3) is 1.89. The van der Waals surface area contributed by atoms with Crippen LogP contribution < -0.4 is 4.74 Å². The topological polar surface area (TPSA) is 26.3 Å². The standard InChI is InChI=1S/C13H16O2/c1-15-13-8-3-2-7-11(13)12(9-14)10-5-4-6-10/h2-3,7-10,12H,4-6H2,1H3. The van der Waals surface area contributed by atoms with E-state index >= 15 is 0 Å². The van der Waals surface area contributed by atoms with E-state index < -0.39 is 0 Å². The van der Waals surface area contributed by atoms with Crippen LogP contribution in [0.5, 0.6) is 5.75 Å². The predicted molar refractivity (Wildman–Crippen MR) is 59.1 cm³/mol. The van der Waals surface area contributed by atoms with E-state index in [1.807, 2.05) is 24.3 Å². The van der Waals surface area contributed by atoms with Gasteiger partial charge in [-0.3, -0.25) is 0 Å². The molecule has 0 amide bonds. The molecule has 1 aromatic carbocycles. The Labute approximate surface area is 90.3 Å². The summed E-state index contributed by atoms with van der Waals surface area (Å²) in [5, 5.41) is 0. The van der Waals surface area contributed by atoms with E-state index in [0.29, 0.717) is 5.92 Å². The van der Waals surface area contributed by atoms with Gasteiger partial charge in [-0.15, -0.1) is 0 Å². The van der Waals surface area contributed by atoms with Crippen LogP contribution in [-0.2, 0) is 4.79 Å². The number of benzene rings is 1. The van der Waals surface area contributed by atoms with Crippen molar-refractivity contribution in [3.05, 3.63) is 29.8 Å². The molecule has 1 aliphatic carbocycles. The average Bonchev–Trinajstić information content (AvgIpc) is 2.23. The minimum atomic E-state index is 0.0231. The molecule has 2 heteroatoms. The van der Waals surface area contributed by atoms with E-state index in [2.05, 4.69) is 0 Å². The Morgan fingerprint density at radius 1 is 1.40 bits per heavy atom. The average molecular weight is 204 g/mol. The lowest BCUT2D eigenvalue weighted by molar-refractivity contribution is -0.110. The van der Waals surface area contributed by atoms with Crippen LogP contribution in [0, 0.1) is 5.92 Å².